The fourth-order valence-electron chi connectivity index (χ4n) is 2.78. The van der Waals surface area contributed by atoms with Crippen LogP contribution in [0.25, 0.3) is 6.08 Å². The number of carbonyl (C=O) groups is 1. The second kappa shape index (κ2) is 10.2. The Hall–Kier alpha value is -3.49. The summed E-state index contributed by atoms with van der Waals surface area (Å²) in [6, 6.07) is 17.7. The van der Waals surface area contributed by atoms with Crippen molar-refractivity contribution >= 4 is 45.0 Å². The van der Waals surface area contributed by atoms with Gasteiger partial charge in [0.05, 0.1) is 29.8 Å². The number of rotatable bonds is 8. The number of amides is 1. The van der Waals surface area contributed by atoms with Crippen LogP contribution in [-0.4, -0.2) is 28.5 Å². The monoisotopic (exact) mass is 472 g/mol. The molecule has 0 atom stereocenters. The Morgan fingerprint density at radius 2 is 1.62 bits per heavy atom. The Morgan fingerprint density at radius 3 is 2.28 bits per heavy atom. The van der Waals surface area contributed by atoms with Gasteiger partial charge in [-0.2, -0.15) is 0 Å². The van der Waals surface area contributed by atoms with E-state index in [1.807, 2.05) is 0 Å². The standard InChI is InChI=1S/C23H21ClN2O5S/c1-30-21-13-10-17(15-22(21)31-2)25-23(27)14-9-16-7-11-18(12-8-16)32(28,29)26-20-6-4-3-5-19(20)24/h3-15,26H,1-2H3,(H,25,27)/b14-9+. The van der Waals surface area contributed by atoms with Crippen LogP contribution >= 0.6 is 11.6 Å². The fourth-order valence-corrected chi connectivity index (χ4v) is 4.09. The highest BCUT2D eigenvalue weighted by molar-refractivity contribution is 7.92. The minimum atomic E-state index is -3.80. The molecule has 1 amide bonds. The molecule has 0 aliphatic carbocycles. The van der Waals surface area contributed by atoms with E-state index in [0.717, 1.165) is 0 Å². The van der Waals surface area contributed by atoms with Gasteiger partial charge in [-0.25, -0.2) is 8.42 Å². The molecule has 0 heterocycles. The van der Waals surface area contributed by atoms with E-state index in [9.17, 15) is 13.2 Å². The van der Waals surface area contributed by atoms with E-state index in [1.54, 1.807) is 60.7 Å². The molecule has 0 radical (unpaired) electrons. The average Bonchev–Trinajstić information content (AvgIpc) is 2.79. The van der Waals surface area contributed by atoms with E-state index in [1.165, 1.54) is 32.4 Å². The highest BCUT2D eigenvalue weighted by Gasteiger charge is 2.15. The highest BCUT2D eigenvalue weighted by atomic mass is 35.5. The first-order chi connectivity index (χ1) is 15.3. The van der Waals surface area contributed by atoms with Crippen LogP contribution in [0.4, 0.5) is 11.4 Å². The van der Waals surface area contributed by atoms with Crippen molar-refractivity contribution in [3.05, 3.63) is 83.4 Å². The van der Waals surface area contributed by atoms with Gasteiger partial charge >= 0.3 is 0 Å². The number of para-hydroxylation sites is 1. The van der Waals surface area contributed by atoms with Crippen molar-refractivity contribution in [2.45, 2.75) is 4.90 Å². The molecule has 9 heteroatoms. The molecule has 0 bridgehead atoms. The lowest BCUT2D eigenvalue weighted by atomic mass is 10.2. The lowest BCUT2D eigenvalue weighted by molar-refractivity contribution is -0.111. The van der Waals surface area contributed by atoms with Crippen LogP contribution in [0.15, 0.2) is 77.7 Å². The van der Waals surface area contributed by atoms with Crippen LogP contribution in [0.1, 0.15) is 5.56 Å². The summed E-state index contributed by atoms with van der Waals surface area (Å²) in [6.45, 7) is 0. The Labute approximate surface area is 191 Å². The van der Waals surface area contributed by atoms with E-state index in [0.29, 0.717) is 33.5 Å². The lowest BCUT2D eigenvalue weighted by Crippen LogP contribution is -2.13. The fraction of sp³-hybridized carbons (Fsp3) is 0.0870. The smallest absolute Gasteiger partial charge is 0.261 e. The van der Waals surface area contributed by atoms with Gasteiger partial charge in [0.1, 0.15) is 0 Å². The molecule has 0 aliphatic heterocycles. The van der Waals surface area contributed by atoms with Crippen molar-refractivity contribution in [3.8, 4) is 11.5 Å². The van der Waals surface area contributed by atoms with Crippen molar-refractivity contribution in [2.75, 3.05) is 24.3 Å². The van der Waals surface area contributed by atoms with Gasteiger partial charge in [-0.15, -0.1) is 0 Å². The number of methoxy groups -OCH3 is 2. The normalized spacial score (nSPS) is 11.2. The molecule has 3 rings (SSSR count). The Balaban J connectivity index is 1.66. The molecular weight excluding hydrogens is 452 g/mol. The number of hydrogen-bond acceptors (Lipinski definition) is 5. The molecule has 0 fully saturated rings. The summed E-state index contributed by atoms with van der Waals surface area (Å²) >= 11 is 6.02. The predicted octanol–water partition coefficient (Wildman–Crippen LogP) is 4.81. The van der Waals surface area contributed by atoms with Gasteiger partial charge in [0.25, 0.3) is 10.0 Å². The maximum Gasteiger partial charge on any atom is 0.261 e. The molecular formula is C23H21ClN2O5S. The molecule has 3 aromatic rings. The van der Waals surface area contributed by atoms with Gasteiger partial charge in [0.2, 0.25) is 5.91 Å². The van der Waals surface area contributed by atoms with Crippen LogP contribution in [-0.2, 0) is 14.8 Å². The first-order valence-electron chi connectivity index (χ1n) is 9.41. The van der Waals surface area contributed by atoms with Crippen molar-refractivity contribution in [1.82, 2.24) is 0 Å². The largest absolute Gasteiger partial charge is 0.493 e. The number of anilines is 2. The molecule has 32 heavy (non-hydrogen) atoms. The number of carbonyl (C=O) groups excluding carboxylic acids is 1. The van der Waals surface area contributed by atoms with E-state index in [4.69, 9.17) is 21.1 Å². The number of ether oxygens (including phenoxy) is 2. The molecule has 0 unspecified atom stereocenters. The number of halogens is 1. The average molecular weight is 473 g/mol. The van der Waals surface area contributed by atoms with Crippen LogP contribution in [0.3, 0.4) is 0 Å². The molecule has 0 saturated heterocycles. The van der Waals surface area contributed by atoms with Crippen molar-refractivity contribution < 1.29 is 22.7 Å². The van der Waals surface area contributed by atoms with Crippen LogP contribution in [0, 0.1) is 0 Å². The van der Waals surface area contributed by atoms with Gasteiger partial charge in [-0.3, -0.25) is 9.52 Å². The maximum atomic E-state index is 12.6. The zero-order valence-electron chi connectivity index (χ0n) is 17.3. The molecule has 2 N–H and O–H groups in total. The maximum absolute atomic E-state index is 12.6. The molecule has 0 saturated carbocycles. The number of nitrogens with one attached hydrogen (secondary N) is 2. The number of benzene rings is 3. The Morgan fingerprint density at radius 1 is 0.938 bits per heavy atom. The summed E-state index contributed by atoms with van der Waals surface area (Å²) in [6.07, 6.45) is 2.93. The van der Waals surface area contributed by atoms with E-state index >= 15 is 0 Å². The SMILES string of the molecule is COc1ccc(NC(=O)/C=C/c2ccc(S(=O)(=O)Nc3ccccc3Cl)cc2)cc1OC. The number of sulfonamides is 1. The molecule has 0 aliphatic rings. The zero-order chi connectivity index (χ0) is 23.1. The first-order valence-corrected chi connectivity index (χ1v) is 11.3. The summed E-state index contributed by atoms with van der Waals surface area (Å²) in [7, 11) is -0.756. The first kappa shape index (κ1) is 23.2. The minimum absolute atomic E-state index is 0.0735. The third-order valence-corrected chi connectivity index (χ3v) is 6.10. The quantitative estimate of drug-likeness (QED) is 0.459. The van der Waals surface area contributed by atoms with Crippen LogP contribution in [0.5, 0.6) is 11.5 Å². The predicted molar refractivity (Wildman–Crippen MR) is 126 cm³/mol. The number of hydrogen-bond donors (Lipinski definition) is 2. The summed E-state index contributed by atoms with van der Waals surface area (Å²) in [5.74, 6) is 0.700. The minimum Gasteiger partial charge on any atom is -0.493 e. The van der Waals surface area contributed by atoms with Gasteiger partial charge < -0.3 is 14.8 Å². The summed E-state index contributed by atoms with van der Waals surface area (Å²) in [5, 5.41) is 3.03. The molecule has 7 nitrogen and oxygen atoms in total. The third-order valence-electron chi connectivity index (χ3n) is 4.39. The third kappa shape index (κ3) is 5.81. The van der Waals surface area contributed by atoms with Crippen LogP contribution in [0.2, 0.25) is 5.02 Å². The Bertz CT molecular complexity index is 1240. The van der Waals surface area contributed by atoms with Crippen molar-refractivity contribution in [1.29, 1.82) is 0 Å². The van der Waals surface area contributed by atoms with Crippen molar-refractivity contribution in [2.24, 2.45) is 0 Å². The summed E-state index contributed by atoms with van der Waals surface area (Å²) in [5.41, 5.74) is 1.50. The molecule has 3 aromatic carbocycles. The lowest BCUT2D eigenvalue weighted by Gasteiger charge is -2.10. The highest BCUT2D eigenvalue weighted by Crippen LogP contribution is 2.29. The second-order valence-electron chi connectivity index (χ2n) is 6.55. The van der Waals surface area contributed by atoms with E-state index < -0.39 is 10.0 Å². The topological polar surface area (TPSA) is 93.7 Å². The van der Waals surface area contributed by atoms with Crippen molar-refractivity contribution in [3.63, 3.8) is 0 Å². The second-order valence-corrected chi connectivity index (χ2v) is 8.64. The molecule has 0 spiro atoms. The van der Waals surface area contributed by atoms with E-state index in [-0.39, 0.29) is 10.8 Å². The zero-order valence-corrected chi connectivity index (χ0v) is 18.9. The van der Waals surface area contributed by atoms with Crippen LogP contribution < -0.4 is 19.5 Å². The van der Waals surface area contributed by atoms with Gasteiger partial charge in [0.15, 0.2) is 11.5 Å². The Kier molecular flexibility index (Phi) is 7.40. The molecule has 166 valence electrons. The molecule has 0 aromatic heterocycles. The van der Waals surface area contributed by atoms with E-state index in [2.05, 4.69) is 10.0 Å². The van der Waals surface area contributed by atoms with Gasteiger partial charge in [-0.05, 0) is 48.0 Å². The summed E-state index contributed by atoms with van der Waals surface area (Å²) in [4.78, 5) is 12.3. The summed E-state index contributed by atoms with van der Waals surface area (Å²) < 4.78 is 38.0. The van der Waals surface area contributed by atoms with Gasteiger partial charge in [0, 0.05) is 17.8 Å². The van der Waals surface area contributed by atoms with Gasteiger partial charge in [-0.1, -0.05) is 35.9 Å².